The van der Waals surface area contributed by atoms with Crippen molar-refractivity contribution in [3.63, 3.8) is 0 Å². The molecule has 0 amide bonds. The summed E-state index contributed by atoms with van der Waals surface area (Å²) in [7, 11) is -3.44. The molecule has 0 radical (unpaired) electrons. The highest BCUT2D eigenvalue weighted by atomic mass is 32.2. The van der Waals surface area contributed by atoms with Crippen LogP contribution in [0.4, 0.5) is 0 Å². The molecule has 0 heterocycles. The van der Waals surface area contributed by atoms with Gasteiger partial charge in [0.25, 0.3) is 0 Å². The van der Waals surface area contributed by atoms with Gasteiger partial charge in [0, 0.05) is 12.1 Å². The van der Waals surface area contributed by atoms with Crippen molar-refractivity contribution in [3.05, 3.63) is 42.5 Å². The summed E-state index contributed by atoms with van der Waals surface area (Å²) < 4.78 is 28.1. The van der Waals surface area contributed by atoms with Gasteiger partial charge in [0.15, 0.2) is 0 Å². The summed E-state index contributed by atoms with van der Waals surface area (Å²) in [5.74, 6) is 0.765. The summed E-state index contributed by atoms with van der Waals surface area (Å²) in [5.41, 5.74) is 0. The van der Waals surface area contributed by atoms with Crippen LogP contribution in [0.1, 0.15) is 44.9 Å². The SMILES string of the molecule is O=C(O)/C=C/CCCCC1CC2C[C@H]1[C@H](NS(=O)(=O)c1ccccc1)C2. The number of allylic oxidation sites excluding steroid dienone is 1. The quantitative estimate of drug-likeness (QED) is 0.509. The Labute approximate surface area is 155 Å². The Morgan fingerprint density at radius 2 is 1.92 bits per heavy atom. The maximum absolute atomic E-state index is 12.6. The Morgan fingerprint density at radius 1 is 1.15 bits per heavy atom. The number of sulfonamides is 1. The number of carboxylic acids is 1. The molecule has 3 rings (SSSR count). The van der Waals surface area contributed by atoms with Crippen LogP contribution in [0.2, 0.25) is 0 Å². The number of nitrogens with one attached hydrogen (secondary N) is 1. The molecule has 1 aromatic carbocycles. The maximum atomic E-state index is 12.6. The van der Waals surface area contributed by atoms with Gasteiger partial charge in [-0.3, -0.25) is 0 Å². The van der Waals surface area contributed by atoms with Crippen LogP contribution in [0, 0.1) is 17.8 Å². The van der Waals surface area contributed by atoms with E-state index in [0.717, 1.165) is 38.5 Å². The number of hydrogen-bond acceptors (Lipinski definition) is 3. The predicted molar refractivity (Wildman–Crippen MR) is 100 cm³/mol. The standard InChI is InChI=1S/C20H27NO4S/c22-20(23)11-7-2-1-4-8-16-12-15-13-18(16)19(14-15)21-26(24,25)17-9-5-3-6-10-17/h3,5-7,9-11,15-16,18-19,21H,1-2,4,8,12-14H2,(H,22,23)/b11-7+/t15?,16?,18-,19-/m1/s1. The maximum Gasteiger partial charge on any atom is 0.327 e. The van der Waals surface area contributed by atoms with E-state index in [0.29, 0.717) is 22.6 Å². The molecule has 2 aliphatic rings. The Kier molecular flexibility index (Phi) is 6.14. The van der Waals surface area contributed by atoms with Gasteiger partial charge < -0.3 is 5.11 Å². The van der Waals surface area contributed by atoms with E-state index in [2.05, 4.69) is 4.72 Å². The second-order valence-electron chi connectivity index (χ2n) is 7.56. The Morgan fingerprint density at radius 3 is 2.62 bits per heavy atom. The van der Waals surface area contributed by atoms with E-state index in [-0.39, 0.29) is 6.04 Å². The van der Waals surface area contributed by atoms with Gasteiger partial charge in [0.1, 0.15) is 0 Å². The lowest BCUT2D eigenvalue weighted by atomic mass is 9.82. The molecule has 0 aromatic heterocycles. The first-order valence-electron chi connectivity index (χ1n) is 9.42. The second-order valence-corrected chi connectivity index (χ2v) is 9.28. The molecular weight excluding hydrogens is 350 g/mol. The third-order valence-corrected chi connectivity index (χ3v) is 7.27. The molecule has 142 valence electrons. The van der Waals surface area contributed by atoms with Crippen LogP contribution >= 0.6 is 0 Å². The number of aliphatic carboxylic acids is 1. The molecule has 2 unspecified atom stereocenters. The lowest BCUT2D eigenvalue weighted by molar-refractivity contribution is -0.131. The molecule has 2 N–H and O–H groups in total. The number of carbonyl (C=O) groups is 1. The van der Waals surface area contributed by atoms with E-state index in [1.165, 1.54) is 12.5 Å². The van der Waals surface area contributed by atoms with Crippen molar-refractivity contribution in [2.45, 2.75) is 55.9 Å². The second kappa shape index (κ2) is 8.35. The average molecular weight is 378 g/mol. The molecule has 26 heavy (non-hydrogen) atoms. The highest BCUT2D eigenvalue weighted by Gasteiger charge is 2.46. The number of rotatable bonds is 9. The van der Waals surface area contributed by atoms with E-state index in [1.54, 1.807) is 30.3 Å². The largest absolute Gasteiger partial charge is 0.478 e. The zero-order valence-electron chi connectivity index (χ0n) is 14.9. The van der Waals surface area contributed by atoms with Crippen molar-refractivity contribution >= 4 is 16.0 Å². The summed E-state index contributed by atoms with van der Waals surface area (Å²) in [6, 6.07) is 8.64. The molecule has 2 saturated carbocycles. The van der Waals surface area contributed by atoms with Crippen LogP contribution in [0.5, 0.6) is 0 Å². The summed E-state index contributed by atoms with van der Waals surface area (Å²) in [6.07, 6.45) is 10.1. The van der Waals surface area contributed by atoms with Gasteiger partial charge in [-0.25, -0.2) is 17.9 Å². The molecule has 2 aliphatic carbocycles. The first-order chi connectivity index (χ1) is 12.5. The Bertz CT molecular complexity index is 744. The van der Waals surface area contributed by atoms with E-state index in [1.807, 2.05) is 6.07 Å². The number of carboxylic acid groups (broad SMARTS) is 1. The molecule has 4 atom stereocenters. The summed E-state index contributed by atoms with van der Waals surface area (Å²) in [5, 5.41) is 8.58. The third-order valence-electron chi connectivity index (χ3n) is 5.77. The molecule has 2 bridgehead atoms. The van der Waals surface area contributed by atoms with Crippen LogP contribution in [-0.4, -0.2) is 25.5 Å². The van der Waals surface area contributed by atoms with Crippen LogP contribution < -0.4 is 4.72 Å². The predicted octanol–water partition coefficient (Wildman–Crippen LogP) is 3.58. The Balaban J connectivity index is 1.50. The first kappa shape index (κ1) is 19.1. The van der Waals surface area contributed by atoms with Gasteiger partial charge >= 0.3 is 5.97 Å². The number of benzene rings is 1. The minimum absolute atomic E-state index is 0.0517. The van der Waals surface area contributed by atoms with Crippen LogP contribution in [0.25, 0.3) is 0 Å². The van der Waals surface area contributed by atoms with Crippen molar-refractivity contribution in [3.8, 4) is 0 Å². The zero-order chi connectivity index (χ0) is 18.6. The van der Waals surface area contributed by atoms with Crippen LogP contribution in [0.15, 0.2) is 47.4 Å². The van der Waals surface area contributed by atoms with Crippen LogP contribution in [-0.2, 0) is 14.8 Å². The molecule has 5 nitrogen and oxygen atoms in total. The van der Waals surface area contributed by atoms with Gasteiger partial charge in [-0.05, 0) is 62.0 Å². The van der Waals surface area contributed by atoms with Crippen molar-refractivity contribution in [1.82, 2.24) is 4.72 Å². The van der Waals surface area contributed by atoms with Crippen molar-refractivity contribution < 1.29 is 18.3 Å². The van der Waals surface area contributed by atoms with Gasteiger partial charge in [-0.2, -0.15) is 0 Å². The van der Waals surface area contributed by atoms with E-state index in [9.17, 15) is 13.2 Å². The fourth-order valence-electron chi connectivity index (χ4n) is 4.68. The molecule has 0 aliphatic heterocycles. The summed E-state index contributed by atoms with van der Waals surface area (Å²) in [6.45, 7) is 0. The van der Waals surface area contributed by atoms with Gasteiger partial charge in [-0.1, -0.05) is 37.1 Å². The average Bonchev–Trinajstić information content (AvgIpc) is 3.18. The van der Waals surface area contributed by atoms with Gasteiger partial charge in [0.05, 0.1) is 4.90 Å². The summed E-state index contributed by atoms with van der Waals surface area (Å²) in [4.78, 5) is 10.8. The van der Waals surface area contributed by atoms with Crippen molar-refractivity contribution in [2.24, 2.45) is 17.8 Å². The van der Waals surface area contributed by atoms with Crippen molar-refractivity contribution in [2.75, 3.05) is 0 Å². The topological polar surface area (TPSA) is 83.5 Å². The monoisotopic (exact) mass is 377 g/mol. The minimum atomic E-state index is -3.44. The first-order valence-corrected chi connectivity index (χ1v) is 10.9. The highest BCUT2D eigenvalue weighted by Crippen LogP contribution is 2.50. The fourth-order valence-corrected chi connectivity index (χ4v) is 6.00. The van der Waals surface area contributed by atoms with Gasteiger partial charge in [-0.15, -0.1) is 0 Å². The van der Waals surface area contributed by atoms with E-state index in [4.69, 9.17) is 5.11 Å². The van der Waals surface area contributed by atoms with E-state index < -0.39 is 16.0 Å². The number of fused-ring (bicyclic) bond motifs is 2. The molecule has 1 aromatic rings. The smallest absolute Gasteiger partial charge is 0.327 e. The van der Waals surface area contributed by atoms with Crippen molar-refractivity contribution in [1.29, 1.82) is 0 Å². The number of hydrogen-bond donors (Lipinski definition) is 2. The number of unbranched alkanes of at least 4 members (excludes halogenated alkanes) is 2. The fraction of sp³-hybridized carbons (Fsp3) is 0.550. The molecule has 6 heteroatoms. The van der Waals surface area contributed by atoms with Gasteiger partial charge in [0.2, 0.25) is 10.0 Å². The lowest BCUT2D eigenvalue weighted by Crippen LogP contribution is -2.41. The van der Waals surface area contributed by atoms with E-state index >= 15 is 0 Å². The lowest BCUT2D eigenvalue weighted by Gasteiger charge is -2.30. The zero-order valence-corrected chi connectivity index (χ0v) is 15.7. The third kappa shape index (κ3) is 4.74. The molecular formula is C20H27NO4S. The molecule has 0 saturated heterocycles. The molecule has 2 fully saturated rings. The highest BCUT2D eigenvalue weighted by molar-refractivity contribution is 7.89. The van der Waals surface area contributed by atoms with Crippen LogP contribution in [0.3, 0.4) is 0 Å². The molecule has 0 spiro atoms. The normalized spacial score (nSPS) is 28.0. The summed E-state index contributed by atoms with van der Waals surface area (Å²) >= 11 is 0. The minimum Gasteiger partial charge on any atom is -0.478 e. The Hall–Kier alpha value is -1.66.